The van der Waals surface area contributed by atoms with Crippen molar-refractivity contribution in [2.75, 3.05) is 13.2 Å². The molecule has 0 radical (unpaired) electrons. The van der Waals surface area contributed by atoms with E-state index in [-0.39, 0.29) is 17.7 Å². The van der Waals surface area contributed by atoms with Crippen molar-refractivity contribution in [3.05, 3.63) is 65.6 Å². The average Bonchev–Trinajstić information content (AvgIpc) is 3.01. The van der Waals surface area contributed by atoms with E-state index in [4.69, 9.17) is 14.5 Å². The first-order valence-corrected chi connectivity index (χ1v) is 15.9. The number of aryl methyl sites for hydroxylation is 1. The van der Waals surface area contributed by atoms with Gasteiger partial charge in [0.25, 0.3) is 11.8 Å². The lowest BCUT2D eigenvalue weighted by atomic mass is 9.74. The molecule has 2 aliphatic heterocycles. The van der Waals surface area contributed by atoms with Gasteiger partial charge in [0.05, 0.1) is 28.3 Å². The van der Waals surface area contributed by atoms with Crippen LogP contribution in [0.15, 0.2) is 54.3 Å². The summed E-state index contributed by atoms with van der Waals surface area (Å²) in [6.07, 6.45) is 3.46. The van der Waals surface area contributed by atoms with Gasteiger partial charge in [-0.2, -0.15) is 0 Å². The Labute approximate surface area is 271 Å². The van der Waals surface area contributed by atoms with Crippen LogP contribution in [0.4, 0.5) is 0 Å². The molecule has 2 fully saturated rings. The smallest absolute Gasteiger partial charge is 0.321 e. The number of carbonyl (C=O) groups is 4. The summed E-state index contributed by atoms with van der Waals surface area (Å²) in [5, 5.41) is 8.07. The number of allylic oxidation sites excluding steroid dienone is 1. The maximum absolute atomic E-state index is 13.4. The van der Waals surface area contributed by atoms with Crippen LogP contribution in [0.1, 0.15) is 84.5 Å². The van der Waals surface area contributed by atoms with E-state index >= 15 is 0 Å². The van der Waals surface area contributed by atoms with E-state index < -0.39 is 40.9 Å². The molecule has 3 heterocycles. The van der Waals surface area contributed by atoms with E-state index in [2.05, 4.69) is 22.6 Å². The average molecular weight is 634 g/mol. The molecule has 2 aliphatic rings. The number of carbonyl (C=O) groups excluding carboxylic acids is 4. The van der Waals surface area contributed by atoms with Crippen molar-refractivity contribution in [1.29, 1.82) is 0 Å². The van der Waals surface area contributed by atoms with Crippen LogP contribution < -0.4 is 16.1 Å². The van der Waals surface area contributed by atoms with Crippen LogP contribution in [0.25, 0.3) is 10.9 Å². The Kier molecular flexibility index (Phi) is 10.7. The van der Waals surface area contributed by atoms with E-state index in [0.29, 0.717) is 44.4 Å². The summed E-state index contributed by atoms with van der Waals surface area (Å²) < 4.78 is 11.4. The SMILES string of the molecule is C=C[C@@]1(C(=O)OC(C(=O)N[C@@H](C)C(=O)N2CCC[C@@H](C(=O)N[C@H](C)c3ccc4ccc(C)cc4n3)N2)=C(C)C)CCOC(C)(C)C1. The van der Waals surface area contributed by atoms with E-state index in [1.807, 2.05) is 58.0 Å². The highest BCUT2D eigenvalue weighted by molar-refractivity contribution is 5.98. The van der Waals surface area contributed by atoms with E-state index in [1.54, 1.807) is 26.8 Å². The van der Waals surface area contributed by atoms with Gasteiger partial charge >= 0.3 is 5.97 Å². The number of ether oxygens (including phenoxy) is 2. The zero-order valence-electron chi connectivity index (χ0n) is 28.0. The quantitative estimate of drug-likeness (QED) is 0.161. The van der Waals surface area contributed by atoms with Crippen molar-refractivity contribution in [2.45, 2.75) is 97.9 Å². The molecule has 3 N–H and O–H groups in total. The Morgan fingerprint density at radius 2 is 1.87 bits per heavy atom. The third-order valence-corrected chi connectivity index (χ3v) is 8.59. The Morgan fingerprint density at radius 1 is 1.15 bits per heavy atom. The second-order valence-electron chi connectivity index (χ2n) is 13.3. The number of hydrogen-bond acceptors (Lipinski definition) is 8. The van der Waals surface area contributed by atoms with Crippen molar-refractivity contribution >= 4 is 34.6 Å². The summed E-state index contributed by atoms with van der Waals surface area (Å²) in [4.78, 5) is 58.0. The number of benzene rings is 1. The number of aromatic nitrogens is 1. The second-order valence-corrected chi connectivity index (χ2v) is 13.3. The van der Waals surface area contributed by atoms with Crippen LogP contribution >= 0.6 is 0 Å². The van der Waals surface area contributed by atoms with Gasteiger partial charge in [0.2, 0.25) is 5.91 Å². The van der Waals surface area contributed by atoms with Crippen molar-refractivity contribution < 1.29 is 28.7 Å². The van der Waals surface area contributed by atoms with E-state index in [1.165, 1.54) is 5.01 Å². The fourth-order valence-electron chi connectivity index (χ4n) is 5.97. The Hall–Kier alpha value is -4.09. The largest absolute Gasteiger partial charge is 0.420 e. The minimum atomic E-state index is -1.00. The Morgan fingerprint density at radius 3 is 2.54 bits per heavy atom. The predicted molar refractivity (Wildman–Crippen MR) is 175 cm³/mol. The molecule has 11 heteroatoms. The van der Waals surface area contributed by atoms with Gasteiger partial charge in [-0.3, -0.25) is 29.2 Å². The summed E-state index contributed by atoms with van der Waals surface area (Å²) >= 11 is 0. The Balaban J connectivity index is 1.35. The molecule has 4 rings (SSSR count). The maximum atomic E-state index is 13.4. The zero-order valence-corrected chi connectivity index (χ0v) is 28.0. The summed E-state index contributed by atoms with van der Waals surface area (Å²) in [5.74, 6) is -2.10. The predicted octanol–water partition coefficient (Wildman–Crippen LogP) is 4.32. The van der Waals surface area contributed by atoms with Crippen molar-refractivity contribution in [3.63, 3.8) is 0 Å². The van der Waals surface area contributed by atoms with Gasteiger partial charge in [0, 0.05) is 18.5 Å². The van der Waals surface area contributed by atoms with Crippen LogP contribution in [0.2, 0.25) is 0 Å². The normalized spacial score (nSPS) is 22.2. The van der Waals surface area contributed by atoms with Gasteiger partial charge in [-0.05, 0) is 97.4 Å². The molecule has 1 aromatic heterocycles. The highest BCUT2D eigenvalue weighted by atomic mass is 16.5. The van der Waals surface area contributed by atoms with Gasteiger partial charge in [0.1, 0.15) is 12.1 Å². The number of nitrogens with zero attached hydrogens (tertiary/aromatic N) is 2. The number of pyridine rings is 1. The third kappa shape index (κ3) is 8.00. The third-order valence-electron chi connectivity index (χ3n) is 8.59. The van der Waals surface area contributed by atoms with Gasteiger partial charge in [-0.25, -0.2) is 5.43 Å². The first-order chi connectivity index (χ1) is 21.6. The van der Waals surface area contributed by atoms with Crippen LogP contribution in [0, 0.1) is 12.3 Å². The highest BCUT2D eigenvalue weighted by Crippen LogP contribution is 2.41. The number of esters is 1. The van der Waals surface area contributed by atoms with Crippen molar-refractivity contribution in [1.82, 2.24) is 26.1 Å². The molecule has 0 bridgehead atoms. The van der Waals surface area contributed by atoms with E-state index in [9.17, 15) is 19.2 Å². The maximum Gasteiger partial charge on any atom is 0.321 e. The Bertz CT molecular complexity index is 1550. The summed E-state index contributed by atoms with van der Waals surface area (Å²) in [6, 6.07) is 8.00. The molecule has 46 heavy (non-hydrogen) atoms. The van der Waals surface area contributed by atoms with Crippen LogP contribution in [0.5, 0.6) is 0 Å². The second kappa shape index (κ2) is 14.1. The fraction of sp³-hybridized carbons (Fsp3) is 0.514. The highest BCUT2D eigenvalue weighted by Gasteiger charge is 2.46. The standard InChI is InChI=1S/C35H47N5O6/c1-9-35(16-18-45-34(7,8)20-35)33(44)46-29(21(2)3)31(42)37-24(6)32(43)40-17-10-11-27(39-40)30(41)36-23(5)26-15-14-25-13-12-22(4)19-28(25)38-26/h9,12-15,19,23-24,27,39H,1,10-11,16-18,20H2,2-8H3,(H,36,41)(H,37,42)/t23-,24+,27+,35-/m1/s1. The van der Waals surface area contributed by atoms with Gasteiger partial charge < -0.3 is 20.1 Å². The lowest BCUT2D eigenvalue weighted by Crippen LogP contribution is -2.61. The fourth-order valence-corrected chi connectivity index (χ4v) is 5.97. The van der Waals surface area contributed by atoms with E-state index in [0.717, 1.165) is 22.2 Å². The zero-order chi connectivity index (χ0) is 33.8. The summed E-state index contributed by atoms with van der Waals surface area (Å²) in [6.45, 7) is 17.1. The molecule has 3 amide bonds. The molecule has 0 aliphatic carbocycles. The minimum absolute atomic E-state index is 0.162. The van der Waals surface area contributed by atoms with Crippen LogP contribution in [-0.4, -0.2) is 64.5 Å². The number of rotatable bonds is 9. The molecule has 4 atom stereocenters. The van der Waals surface area contributed by atoms with Crippen LogP contribution in [-0.2, 0) is 28.7 Å². The summed E-state index contributed by atoms with van der Waals surface area (Å²) in [5.41, 5.74) is 4.66. The molecule has 11 nitrogen and oxygen atoms in total. The number of hydrazine groups is 1. The summed E-state index contributed by atoms with van der Waals surface area (Å²) in [7, 11) is 0. The lowest BCUT2D eigenvalue weighted by Gasteiger charge is -2.41. The van der Waals surface area contributed by atoms with Gasteiger partial charge in [-0.15, -0.1) is 6.58 Å². The number of nitrogens with one attached hydrogen (secondary N) is 3. The molecule has 0 unspecified atom stereocenters. The lowest BCUT2D eigenvalue weighted by molar-refractivity contribution is -0.164. The van der Waals surface area contributed by atoms with Gasteiger partial charge in [0.15, 0.2) is 5.76 Å². The van der Waals surface area contributed by atoms with Crippen LogP contribution in [0.3, 0.4) is 0 Å². The number of fused-ring (bicyclic) bond motifs is 1. The molecule has 0 spiro atoms. The van der Waals surface area contributed by atoms with Gasteiger partial charge in [-0.1, -0.05) is 24.3 Å². The molecule has 248 valence electrons. The number of hydrogen-bond donors (Lipinski definition) is 3. The first-order valence-electron chi connectivity index (χ1n) is 15.9. The first kappa shape index (κ1) is 34.8. The minimum Gasteiger partial charge on any atom is -0.420 e. The molecule has 2 aromatic rings. The number of amides is 3. The topological polar surface area (TPSA) is 139 Å². The van der Waals surface area contributed by atoms with Crippen molar-refractivity contribution in [3.8, 4) is 0 Å². The molecular formula is C35H47N5O6. The molecule has 1 aromatic carbocycles. The monoisotopic (exact) mass is 633 g/mol. The van der Waals surface area contributed by atoms with Crippen molar-refractivity contribution in [2.24, 2.45) is 5.41 Å². The molecule has 2 saturated heterocycles. The molecular weight excluding hydrogens is 586 g/mol. The molecule has 0 saturated carbocycles.